The third-order valence-electron chi connectivity index (χ3n) is 2.89. The number of rotatable bonds is 6. The Hall–Kier alpha value is -1.29. The SMILES string of the molecule is C=CCCCC(NC)c1ccc(C(F)(F)F)cc1. The number of nitrogens with one attached hydrogen (secondary N) is 1. The molecule has 0 aliphatic rings. The van der Waals surface area contributed by atoms with Crippen LogP contribution in [0.3, 0.4) is 0 Å². The first-order valence-corrected chi connectivity index (χ1v) is 5.94. The van der Waals surface area contributed by atoms with E-state index in [-0.39, 0.29) is 6.04 Å². The molecule has 0 aromatic heterocycles. The quantitative estimate of drug-likeness (QED) is 0.591. The third-order valence-corrected chi connectivity index (χ3v) is 2.89. The molecule has 0 heterocycles. The van der Waals surface area contributed by atoms with Crippen molar-refractivity contribution in [2.75, 3.05) is 7.05 Å². The van der Waals surface area contributed by atoms with Crippen LogP contribution in [0.25, 0.3) is 0 Å². The summed E-state index contributed by atoms with van der Waals surface area (Å²) in [4.78, 5) is 0. The molecular formula is C14H18F3N. The van der Waals surface area contributed by atoms with Crippen LogP contribution in [0.15, 0.2) is 36.9 Å². The van der Waals surface area contributed by atoms with Gasteiger partial charge in [-0.15, -0.1) is 6.58 Å². The zero-order valence-electron chi connectivity index (χ0n) is 10.4. The Morgan fingerprint density at radius 3 is 2.33 bits per heavy atom. The zero-order valence-corrected chi connectivity index (χ0v) is 10.4. The fourth-order valence-electron chi connectivity index (χ4n) is 1.85. The molecule has 1 aromatic rings. The normalized spacial score (nSPS) is 13.3. The molecule has 0 spiro atoms. The van der Waals surface area contributed by atoms with Crippen LogP contribution >= 0.6 is 0 Å². The van der Waals surface area contributed by atoms with E-state index in [0.717, 1.165) is 37.0 Å². The summed E-state index contributed by atoms with van der Waals surface area (Å²) in [7, 11) is 1.82. The minimum Gasteiger partial charge on any atom is -0.313 e. The molecule has 0 amide bonds. The first kappa shape index (κ1) is 14.8. The molecule has 0 radical (unpaired) electrons. The third kappa shape index (κ3) is 4.18. The van der Waals surface area contributed by atoms with Crippen LogP contribution in [0.1, 0.15) is 36.4 Å². The van der Waals surface area contributed by atoms with E-state index in [1.807, 2.05) is 13.1 Å². The number of halogens is 3. The Labute approximate surface area is 106 Å². The molecule has 0 bridgehead atoms. The summed E-state index contributed by atoms with van der Waals surface area (Å²) >= 11 is 0. The van der Waals surface area contributed by atoms with Gasteiger partial charge in [-0.2, -0.15) is 13.2 Å². The van der Waals surface area contributed by atoms with Crippen LogP contribution in [0, 0.1) is 0 Å². The van der Waals surface area contributed by atoms with Crippen molar-refractivity contribution in [2.45, 2.75) is 31.5 Å². The van der Waals surface area contributed by atoms with Crippen molar-refractivity contribution in [2.24, 2.45) is 0 Å². The lowest BCUT2D eigenvalue weighted by atomic mass is 10.00. The lowest BCUT2D eigenvalue weighted by Gasteiger charge is -2.17. The number of unbranched alkanes of at least 4 members (excludes halogenated alkanes) is 1. The standard InChI is InChI=1S/C14H18F3N/c1-3-4-5-6-13(18-2)11-7-9-12(10-8-11)14(15,16)17/h3,7-10,13,18H,1,4-6H2,2H3. The molecule has 100 valence electrons. The molecule has 1 nitrogen and oxygen atoms in total. The van der Waals surface area contributed by atoms with E-state index in [9.17, 15) is 13.2 Å². The highest BCUT2D eigenvalue weighted by Crippen LogP contribution is 2.30. The molecule has 0 saturated carbocycles. The molecule has 1 aromatic carbocycles. The maximum atomic E-state index is 12.4. The Bertz CT molecular complexity index is 368. The first-order chi connectivity index (χ1) is 8.49. The summed E-state index contributed by atoms with van der Waals surface area (Å²) in [6.07, 6.45) is 0.346. The summed E-state index contributed by atoms with van der Waals surface area (Å²) in [5.41, 5.74) is 0.279. The highest BCUT2D eigenvalue weighted by atomic mass is 19.4. The maximum absolute atomic E-state index is 12.4. The summed E-state index contributed by atoms with van der Waals surface area (Å²) < 4.78 is 37.3. The average molecular weight is 257 g/mol. The van der Waals surface area contributed by atoms with Crippen LogP contribution in [0.5, 0.6) is 0 Å². The predicted octanol–water partition coefficient (Wildman–Crippen LogP) is 4.32. The van der Waals surface area contributed by atoms with E-state index in [1.165, 1.54) is 12.1 Å². The second-order valence-electron chi connectivity index (χ2n) is 4.18. The van der Waals surface area contributed by atoms with E-state index < -0.39 is 11.7 Å². The molecule has 18 heavy (non-hydrogen) atoms. The Kier molecular flexibility index (Phi) is 5.41. The molecule has 1 rings (SSSR count). The monoisotopic (exact) mass is 257 g/mol. The molecule has 0 fully saturated rings. The topological polar surface area (TPSA) is 12.0 Å². The average Bonchev–Trinajstić information content (AvgIpc) is 2.34. The maximum Gasteiger partial charge on any atom is 0.416 e. The lowest BCUT2D eigenvalue weighted by molar-refractivity contribution is -0.137. The number of allylic oxidation sites excluding steroid dienone is 1. The Morgan fingerprint density at radius 2 is 1.89 bits per heavy atom. The van der Waals surface area contributed by atoms with Crippen LogP contribution in [0.2, 0.25) is 0 Å². The molecule has 4 heteroatoms. The number of hydrogen-bond acceptors (Lipinski definition) is 1. The summed E-state index contributed by atoms with van der Waals surface area (Å²) in [6, 6.07) is 5.43. The van der Waals surface area contributed by atoms with E-state index >= 15 is 0 Å². The molecule has 1 N–H and O–H groups in total. The zero-order chi connectivity index (χ0) is 13.6. The molecule has 1 atom stereocenters. The van der Waals surface area contributed by atoms with Crippen molar-refractivity contribution in [1.82, 2.24) is 5.32 Å². The van der Waals surface area contributed by atoms with Gasteiger partial charge in [-0.25, -0.2) is 0 Å². The summed E-state index contributed by atoms with van der Waals surface area (Å²) in [5.74, 6) is 0. The minimum atomic E-state index is -4.27. The van der Waals surface area contributed by atoms with Crippen molar-refractivity contribution < 1.29 is 13.2 Å². The second-order valence-corrected chi connectivity index (χ2v) is 4.18. The van der Waals surface area contributed by atoms with Crippen LogP contribution in [-0.2, 0) is 6.18 Å². The van der Waals surface area contributed by atoms with Gasteiger partial charge in [-0.1, -0.05) is 18.2 Å². The van der Waals surface area contributed by atoms with E-state index in [0.29, 0.717) is 0 Å². The van der Waals surface area contributed by atoms with Crippen molar-refractivity contribution in [1.29, 1.82) is 0 Å². The minimum absolute atomic E-state index is 0.0900. The van der Waals surface area contributed by atoms with Gasteiger partial charge in [-0.05, 0) is 44.0 Å². The van der Waals surface area contributed by atoms with Gasteiger partial charge < -0.3 is 5.32 Å². The van der Waals surface area contributed by atoms with Gasteiger partial charge in [0.05, 0.1) is 5.56 Å². The predicted molar refractivity (Wildman–Crippen MR) is 67.3 cm³/mol. The van der Waals surface area contributed by atoms with Crippen molar-refractivity contribution in [3.63, 3.8) is 0 Å². The van der Waals surface area contributed by atoms with E-state index in [1.54, 1.807) is 0 Å². The fourth-order valence-corrected chi connectivity index (χ4v) is 1.85. The largest absolute Gasteiger partial charge is 0.416 e. The number of benzene rings is 1. The van der Waals surface area contributed by atoms with Crippen LogP contribution < -0.4 is 5.32 Å². The van der Waals surface area contributed by atoms with E-state index in [2.05, 4.69) is 11.9 Å². The molecular weight excluding hydrogens is 239 g/mol. The van der Waals surface area contributed by atoms with E-state index in [4.69, 9.17) is 0 Å². The molecule has 1 unspecified atom stereocenters. The highest BCUT2D eigenvalue weighted by Gasteiger charge is 2.30. The van der Waals surface area contributed by atoms with Gasteiger partial charge in [0.1, 0.15) is 0 Å². The van der Waals surface area contributed by atoms with Gasteiger partial charge >= 0.3 is 6.18 Å². The Morgan fingerprint density at radius 1 is 1.28 bits per heavy atom. The van der Waals surface area contributed by atoms with Gasteiger partial charge in [0.2, 0.25) is 0 Å². The summed E-state index contributed by atoms with van der Waals surface area (Å²) in [5, 5.41) is 3.12. The van der Waals surface area contributed by atoms with Gasteiger partial charge in [0.25, 0.3) is 0 Å². The molecule has 0 saturated heterocycles. The smallest absolute Gasteiger partial charge is 0.313 e. The highest BCUT2D eigenvalue weighted by molar-refractivity contribution is 5.26. The van der Waals surface area contributed by atoms with Crippen molar-refractivity contribution in [3.8, 4) is 0 Å². The fraction of sp³-hybridized carbons (Fsp3) is 0.429. The first-order valence-electron chi connectivity index (χ1n) is 5.94. The molecule has 0 aliphatic carbocycles. The molecule has 0 aliphatic heterocycles. The second kappa shape index (κ2) is 6.59. The van der Waals surface area contributed by atoms with Crippen molar-refractivity contribution in [3.05, 3.63) is 48.0 Å². The Balaban J connectivity index is 2.72. The van der Waals surface area contributed by atoms with Gasteiger partial charge in [0.15, 0.2) is 0 Å². The van der Waals surface area contributed by atoms with Crippen LogP contribution in [0.4, 0.5) is 13.2 Å². The van der Waals surface area contributed by atoms with Crippen molar-refractivity contribution >= 4 is 0 Å². The number of alkyl halides is 3. The number of hydrogen-bond donors (Lipinski definition) is 1. The lowest BCUT2D eigenvalue weighted by Crippen LogP contribution is -2.16. The van der Waals surface area contributed by atoms with Crippen LogP contribution in [-0.4, -0.2) is 7.05 Å². The summed E-state index contributed by atoms with van der Waals surface area (Å²) in [6.45, 7) is 3.65. The van der Waals surface area contributed by atoms with Gasteiger partial charge in [-0.3, -0.25) is 0 Å². The van der Waals surface area contributed by atoms with Gasteiger partial charge in [0, 0.05) is 6.04 Å².